The third-order valence-corrected chi connectivity index (χ3v) is 6.90. The number of rotatable bonds is 17. The van der Waals surface area contributed by atoms with Crippen molar-refractivity contribution in [3.63, 3.8) is 0 Å². The standard InChI is InChI=1S/C32H45N2/c1-2-3-4-5-6-7-8-9-10-11-12-13-14-15-16-29-17-19-32(20-18-29)34-27-23-31(24-28-34)30-21-25-33-26-22-30/h17-28H,2-16H2,1H3/q+1. The lowest BCUT2D eigenvalue weighted by molar-refractivity contribution is -0.595. The molecule has 0 spiro atoms. The van der Waals surface area contributed by atoms with Gasteiger partial charge in [0.1, 0.15) is 0 Å². The van der Waals surface area contributed by atoms with E-state index in [0.29, 0.717) is 0 Å². The normalized spacial score (nSPS) is 11.1. The fourth-order valence-corrected chi connectivity index (χ4v) is 4.69. The number of nitrogens with zero attached hydrogens (tertiary/aromatic N) is 2. The molecule has 0 atom stereocenters. The second-order valence-electron chi connectivity index (χ2n) is 9.74. The van der Waals surface area contributed by atoms with Crippen LogP contribution in [0.4, 0.5) is 0 Å². The van der Waals surface area contributed by atoms with E-state index < -0.39 is 0 Å². The number of aromatic nitrogens is 2. The topological polar surface area (TPSA) is 16.8 Å². The molecule has 0 unspecified atom stereocenters. The van der Waals surface area contributed by atoms with Gasteiger partial charge in [-0.25, -0.2) is 0 Å². The van der Waals surface area contributed by atoms with E-state index in [9.17, 15) is 0 Å². The Morgan fingerprint density at radius 1 is 0.529 bits per heavy atom. The van der Waals surface area contributed by atoms with Crippen molar-refractivity contribution in [3.05, 3.63) is 78.9 Å². The molecule has 0 saturated heterocycles. The summed E-state index contributed by atoms with van der Waals surface area (Å²) in [6.45, 7) is 2.29. The molecular weight excluding hydrogens is 412 g/mol. The van der Waals surface area contributed by atoms with Crippen LogP contribution in [0.15, 0.2) is 73.3 Å². The first-order valence-electron chi connectivity index (χ1n) is 13.9. The zero-order chi connectivity index (χ0) is 23.7. The van der Waals surface area contributed by atoms with Crippen molar-refractivity contribution in [1.82, 2.24) is 4.98 Å². The van der Waals surface area contributed by atoms with E-state index >= 15 is 0 Å². The average molecular weight is 458 g/mol. The summed E-state index contributed by atoms with van der Waals surface area (Å²) in [7, 11) is 0. The van der Waals surface area contributed by atoms with Crippen LogP contribution in [-0.2, 0) is 6.42 Å². The molecule has 3 rings (SSSR count). The van der Waals surface area contributed by atoms with Crippen molar-refractivity contribution >= 4 is 0 Å². The van der Waals surface area contributed by atoms with Gasteiger partial charge in [-0.05, 0) is 41.7 Å². The second-order valence-corrected chi connectivity index (χ2v) is 9.74. The maximum atomic E-state index is 4.10. The van der Waals surface area contributed by atoms with Gasteiger partial charge in [0.2, 0.25) is 5.69 Å². The van der Waals surface area contributed by atoms with Gasteiger partial charge in [-0.3, -0.25) is 4.98 Å². The number of hydrogen-bond acceptors (Lipinski definition) is 1. The first kappa shape index (κ1) is 26.1. The minimum Gasteiger partial charge on any atom is -0.265 e. The highest BCUT2D eigenvalue weighted by Gasteiger charge is 2.07. The molecule has 0 bridgehead atoms. The first-order valence-corrected chi connectivity index (χ1v) is 13.9. The first-order chi connectivity index (χ1) is 16.9. The summed E-state index contributed by atoms with van der Waals surface area (Å²) in [4.78, 5) is 4.10. The van der Waals surface area contributed by atoms with Gasteiger partial charge in [-0.15, -0.1) is 0 Å². The van der Waals surface area contributed by atoms with Gasteiger partial charge in [-0.2, -0.15) is 4.57 Å². The quantitative estimate of drug-likeness (QED) is 0.146. The minimum atomic E-state index is 1.20. The molecule has 34 heavy (non-hydrogen) atoms. The number of pyridine rings is 2. The van der Waals surface area contributed by atoms with E-state index in [-0.39, 0.29) is 0 Å². The predicted octanol–water partition coefficient (Wildman–Crippen LogP) is 9.05. The van der Waals surface area contributed by atoms with Crippen LogP contribution in [0.1, 0.15) is 102 Å². The van der Waals surface area contributed by atoms with Crippen molar-refractivity contribution in [2.45, 2.75) is 103 Å². The highest BCUT2D eigenvalue weighted by atomic mass is 14.9. The Balaban J connectivity index is 1.24. The number of aryl methyl sites for hydroxylation is 1. The number of benzene rings is 1. The molecule has 2 heteroatoms. The zero-order valence-electron chi connectivity index (χ0n) is 21.4. The van der Waals surface area contributed by atoms with E-state index in [4.69, 9.17) is 0 Å². The van der Waals surface area contributed by atoms with Gasteiger partial charge in [0, 0.05) is 36.7 Å². The number of hydrogen-bond donors (Lipinski definition) is 0. The third kappa shape index (κ3) is 9.79. The Labute approximate surface area is 208 Å². The van der Waals surface area contributed by atoms with Gasteiger partial charge in [0.05, 0.1) is 0 Å². The van der Waals surface area contributed by atoms with Crippen molar-refractivity contribution < 1.29 is 4.57 Å². The van der Waals surface area contributed by atoms with E-state index in [0.717, 1.165) is 0 Å². The lowest BCUT2D eigenvalue weighted by atomic mass is 10.0. The van der Waals surface area contributed by atoms with Crippen LogP contribution < -0.4 is 4.57 Å². The van der Waals surface area contributed by atoms with Gasteiger partial charge in [0.25, 0.3) is 0 Å². The van der Waals surface area contributed by atoms with Crippen LogP contribution >= 0.6 is 0 Å². The smallest absolute Gasteiger partial charge is 0.210 e. The molecule has 0 aliphatic rings. The average Bonchev–Trinajstić information content (AvgIpc) is 2.90. The molecule has 0 aliphatic carbocycles. The van der Waals surface area contributed by atoms with E-state index in [1.807, 2.05) is 24.5 Å². The predicted molar refractivity (Wildman–Crippen MR) is 145 cm³/mol. The minimum absolute atomic E-state index is 1.20. The van der Waals surface area contributed by atoms with Crippen LogP contribution in [0, 0.1) is 0 Å². The molecular formula is C32H45N2+. The summed E-state index contributed by atoms with van der Waals surface area (Å²) in [6, 6.07) is 17.5. The van der Waals surface area contributed by atoms with Crippen molar-refractivity contribution in [3.8, 4) is 16.8 Å². The molecule has 1 aromatic carbocycles. The summed E-state index contributed by atoms with van der Waals surface area (Å²) in [5.41, 5.74) is 5.08. The molecule has 2 heterocycles. The molecule has 0 fully saturated rings. The van der Waals surface area contributed by atoms with Crippen LogP contribution in [-0.4, -0.2) is 4.98 Å². The second kappa shape index (κ2) is 16.2. The summed E-state index contributed by atoms with van der Waals surface area (Å²) in [5, 5.41) is 0. The van der Waals surface area contributed by atoms with Crippen LogP contribution in [0.3, 0.4) is 0 Å². The molecule has 0 N–H and O–H groups in total. The van der Waals surface area contributed by atoms with Gasteiger partial charge in [0.15, 0.2) is 12.4 Å². The van der Waals surface area contributed by atoms with Crippen LogP contribution in [0.2, 0.25) is 0 Å². The van der Waals surface area contributed by atoms with E-state index in [2.05, 4.69) is 65.3 Å². The summed E-state index contributed by atoms with van der Waals surface area (Å²) in [6.07, 6.45) is 29.0. The van der Waals surface area contributed by atoms with E-state index in [1.165, 1.54) is 119 Å². The lowest BCUT2D eigenvalue weighted by Gasteiger charge is -2.04. The van der Waals surface area contributed by atoms with Crippen LogP contribution in [0.5, 0.6) is 0 Å². The van der Waals surface area contributed by atoms with Crippen molar-refractivity contribution in [2.24, 2.45) is 0 Å². The highest BCUT2D eigenvalue weighted by Crippen LogP contribution is 2.17. The molecule has 3 aromatic rings. The highest BCUT2D eigenvalue weighted by molar-refractivity contribution is 5.61. The Bertz CT molecular complexity index is 885. The monoisotopic (exact) mass is 457 g/mol. The fourth-order valence-electron chi connectivity index (χ4n) is 4.69. The molecule has 0 radical (unpaired) electrons. The summed E-state index contributed by atoms with van der Waals surface area (Å²) in [5.74, 6) is 0. The third-order valence-electron chi connectivity index (χ3n) is 6.90. The maximum absolute atomic E-state index is 4.10. The maximum Gasteiger partial charge on any atom is 0.210 e. The zero-order valence-corrected chi connectivity index (χ0v) is 21.4. The largest absolute Gasteiger partial charge is 0.265 e. The Morgan fingerprint density at radius 3 is 1.53 bits per heavy atom. The SMILES string of the molecule is CCCCCCCCCCCCCCCCc1ccc(-[n+]2ccc(-c3ccncc3)cc2)cc1. The Hall–Kier alpha value is -2.48. The molecule has 2 nitrogen and oxygen atoms in total. The van der Waals surface area contributed by atoms with Crippen molar-refractivity contribution in [2.75, 3.05) is 0 Å². The summed E-state index contributed by atoms with van der Waals surface area (Å²) >= 11 is 0. The number of unbranched alkanes of at least 4 members (excludes halogenated alkanes) is 13. The molecule has 0 saturated carbocycles. The van der Waals surface area contributed by atoms with Gasteiger partial charge in [-0.1, -0.05) is 103 Å². The molecule has 2 aromatic heterocycles. The molecule has 182 valence electrons. The Kier molecular flexibility index (Phi) is 12.4. The van der Waals surface area contributed by atoms with Gasteiger partial charge < -0.3 is 0 Å². The Morgan fingerprint density at radius 2 is 1.00 bits per heavy atom. The fraction of sp³-hybridized carbons (Fsp3) is 0.500. The van der Waals surface area contributed by atoms with Gasteiger partial charge >= 0.3 is 0 Å². The van der Waals surface area contributed by atoms with Crippen molar-refractivity contribution in [1.29, 1.82) is 0 Å². The molecule has 0 aliphatic heterocycles. The lowest BCUT2D eigenvalue weighted by Crippen LogP contribution is -2.29. The van der Waals surface area contributed by atoms with E-state index in [1.54, 1.807) is 0 Å². The molecule has 0 amide bonds. The summed E-state index contributed by atoms with van der Waals surface area (Å²) < 4.78 is 2.18. The van der Waals surface area contributed by atoms with Crippen LogP contribution in [0.25, 0.3) is 16.8 Å².